The molecule has 1 rings (SSSR count). The number of aromatic nitrogens is 2. The second-order valence-corrected chi connectivity index (χ2v) is 4.55. The maximum absolute atomic E-state index is 6.17. The molecule has 0 amide bonds. The lowest BCUT2D eigenvalue weighted by Crippen LogP contribution is -2.19. The molecular weight excluding hydrogens is 250 g/mol. The molecule has 0 aliphatic carbocycles. The van der Waals surface area contributed by atoms with Gasteiger partial charge >= 0.3 is 0 Å². The molecule has 0 saturated carbocycles. The smallest absolute Gasteiger partial charge is 0.0850 e. The predicted molar refractivity (Wildman–Crippen MR) is 75.2 cm³/mol. The van der Waals surface area contributed by atoms with Crippen LogP contribution in [0.2, 0.25) is 5.02 Å². The quantitative estimate of drug-likeness (QED) is 0.581. The number of rotatable bonds is 8. The Bertz CT molecular complexity index is 388. The molecule has 1 N–H and O–H groups in total. The molecule has 18 heavy (non-hydrogen) atoms. The first-order valence-corrected chi connectivity index (χ1v) is 6.57. The first-order chi connectivity index (χ1) is 8.66. The molecule has 4 nitrogen and oxygen atoms in total. The minimum atomic E-state index is 0.758. The van der Waals surface area contributed by atoms with E-state index in [2.05, 4.69) is 22.6 Å². The van der Waals surface area contributed by atoms with Crippen molar-refractivity contribution in [1.29, 1.82) is 0 Å². The van der Waals surface area contributed by atoms with Crippen LogP contribution in [0.3, 0.4) is 0 Å². The first kappa shape index (κ1) is 15.2. The molecule has 5 heteroatoms. The molecule has 0 fully saturated rings. The monoisotopic (exact) mass is 271 g/mol. The Morgan fingerprint density at radius 2 is 2.17 bits per heavy atom. The molecule has 1 aromatic rings. The highest BCUT2D eigenvalue weighted by atomic mass is 35.5. The molecule has 0 atom stereocenters. The van der Waals surface area contributed by atoms with E-state index in [0.29, 0.717) is 0 Å². The highest BCUT2D eigenvalue weighted by molar-refractivity contribution is 6.31. The minimum Gasteiger partial charge on any atom is -0.383 e. The lowest BCUT2D eigenvalue weighted by molar-refractivity contribution is 0.199. The zero-order chi connectivity index (χ0) is 13.4. The van der Waals surface area contributed by atoms with Crippen molar-refractivity contribution in [3.05, 3.63) is 28.6 Å². The van der Waals surface area contributed by atoms with E-state index < -0.39 is 0 Å². The number of methoxy groups -OCH3 is 1. The van der Waals surface area contributed by atoms with Crippen LogP contribution in [0.4, 0.5) is 0 Å². The number of hydrogen-bond donors (Lipinski definition) is 1. The third-order valence-corrected chi connectivity index (χ3v) is 3.20. The van der Waals surface area contributed by atoms with Gasteiger partial charge in [0.05, 0.1) is 23.0 Å². The standard InChI is InChI=1S/C13H22ClN3O/c1-11-13(14)12(17(2)16-11)7-5-4-6-8-15-9-10-18-3/h4-5,15H,6-10H2,1-3H3. The van der Waals surface area contributed by atoms with Gasteiger partial charge in [-0.05, 0) is 19.9 Å². The van der Waals surface area contributed by atoms with Gasteiger partial charge in [-0.1, -0.05) is 23.8 Å². The van der Waals surface area contributed by atoms with E-state index in [4.69, 9.17) is 16.3 Å². The number of halogens is 1. The van der Waals surface area contributed by atoms with Crippen LogP contribution in [0.5, 0.6) is 0 Å². The van der Waals surface area contributed by atoms with E-state index in [0.717, 1.165) is 48.9 Å². The van der Waals surface area contributed by atoms with Crippen molar-refractivity contribution < 1.29 is 4.74 Å². The van der Waals surface area contributed by atoms with Gasteiger partial charge < -0.3 is 10.1 Å². The number of nitrogens with one attached hydrogen (secondary N) is 1. The summed E-state index contributed by atoms with van der Waals surface area (Å²) in [5.41, 5.74) is 1.96. The third-order valence-electron chi connectivity index (χ3n) is 2.71. The van der Waals surface area contributed by atoms with Gasteiger partial charge in [0.25, 0.3) is 0 Å². The first-order valence-electron chi connectivity index (χ1n) is 6.19. The van der Waals surface area contributed by atoms with Gasteiger partial charge in [0, 0.05) is 27.1 Å². The maximum atomic E-state index is 6.17. The van der Waals surface area contributed by atoms with Crippen LogP contribution in [0.1, 0.15) is 17.8 Å². The zero-order valence-electron chi connectivity index (χ0n) is 11.4. The Labute approximate surface area is 114 Å². The van der Waals surface area contributed by atoms with Crippen molar-refractivity contribution in [2.75, 3.05) is 26.8 Å². The van der Waals surface area contributed by atoms with Gasteiger partial charge in [0.15, 0.2) is 0 Å². The van der Waals surface area contributed by atoms with Crippen LogP contribution in [0, 0.1) is 6.92 Å². The van der Waals surface area contributed by atoms with Crippen LogP contribution in [0.15, 0.2) is 12.2 Å². The molecule has 0 unspecified atom stereocenters. The van der Waals surface area contributed by atoms with E-state index in [1.54, 1.807) is 7.11 Å². The van der Waals surface area contributed by atoms with E-state index in [1.807, 2.05) is 18.7 Å². The average molecular weight is 272 g/mol. The Morgan fingerprint density at radius 1 is 1.39 bits per heavy atom. The Hall–Kier alpha value is -0.840. The number of nitrogens with zero attached hydrogens (tertiary/aromatic N) is 2. The van der Waals surface area contributed by atoms with Crippen molar-refractivity contribution in [2.45, 2.75) is 19.8 Å². The predicted octanol–water partition coefficient (Wildman–Crippen LogP) is 2.11. The van der Waals surface area contributed by atoms with Gasteiger partial charge in [-0.15, -0.1) is 0 Å². The van der Waals surface area contributed by atoms with Crippen LogP contribution >= 0.6 is 11.6 Å². The zero-order valence-corrected chi connectivity index (χ0v) is 12.1. The van der Waals surface area contributed by atoms with Gasteiger partial charge in [0.2, 0.25) is 0 Å². The molecule has 0 aliphatic rings. The van der Waals surface area contributed by atoms with E-state index >= 15 is 0 Å². The van der Waals surface area contributed by atoms with Crippen molar-refractivity contribution in [3.8, 4) is 0 Å². The van der Waals surface area contributed by atoms with E-state index in [-0.39, 0.29) is 0 Å². The summed E-state index contributed by atoms with van der Waals surface area (Å²) in [6.45, 7) is 4.55. The molecule has 1 heterocycles. The Balaban J connectivity index is 2.24. The van der Waals surface area contributed by atoms with Crippen molar-refractivity contribution in [1.82, 2.24) is 15.1 Å². The molecule has 0 aliphatic heterocycles. The van der Waals surface area contributed by atoms with Crippen molar-refractivity contribution in [3.63, 3.8) is 0 Å². The maximum Gasteiger partial charge on any atom is 0.0850 e. The highest BCUT2D eigenvalue weighted by Gasteiger charge is 2.08. The number of ether oxygens (including phenoxy) is 1. The van der Waals surface area contributed by atoms with Crippen LogP contribution in [0.25, 0.3) is 0 Å². The third kappa shape index (κ3) is 4.80. The fourth-order valence-electron chi connectivity index (χ4n) is 1.70. The second kappa shape index (κ2) is 8.29. The lowest BCUT2D eigenvalue weighted by atomic mass is 10.2. The van der Waals surface area contributed by atoms with Crippen molar-refractivity contribution >= 4 is 11.6 Å². The Morgan fingerprint density at radius 3 is 2.78 bits per heavy atom. The SMILES string of the molecule is COCCNCCC=CCc1c(Cl)c(C)nn1C. The number of aryl methyl sites for hydroxylation is 2. The number of hydrogen-bond acceptors (Lipinski definition) is 3. The average Bonchev–Trinajstić information content (AvgIpc) is 2.58. The summed E-state index contributed by atoms with van der Waals surface area (Å²) in [4.78, 5) is 0. The van der Waals surface area contributed by atoms with E-state index in [9.17, 15) is 0 Å². The fourth-order valence-corrected chi connectivity index (χ4v) is 1.94. The minimum absolute atomic E-state index is 0.758. The molecule has 0 bridgehead atoms. The molecule has 102 valence electrons. The van der Waals surface area contributed by atoms with Gasteiger partial charge in [-0.25, -0.2) is 0 Å². The molecule has 0 spiro atoms. The normalized spacial score (nSPS) is 11.6. The fraction of sp³-hybridized carbons (Fsp3) is 0.615. The van der Waals surface area contributed by atoms with E-state index in [1.165, 1.54) is 0 Å². The molecule has 1 aromatic heterocycles. The summed E-state index contributed by atoms with van der Waals surface area (Å²) in [6, 6.07) is 0. The van der Waals surface area contributed by atoms with Gasteiger partial charge in [-0.3, -0.25) is 4.68 Å². The largest absolute Gasteiger partial charge is 0.383 e. The summed E-state index contributed by atoms with van der Waals surface area (Å²) in [5.74, 6) is 0. The number of allylic oxidation sites excluding steroid dienone is 1. The molecular formula is C13H22ClN3O. The van der Waals surface area contributed by atoms with Crippen molar-refractivity contribution in [2.24, 2.45) is 7.05 Å². The molecule has 0 radical (unpaired) electrons. The summed E-state index contributed by atoms with van der Waals surface area (Å²) >= 11 is 6.17. The lowest BCUT2D eigenvalue weighted by Gasteiger charge is -2.01. The molecule has 0 aromatic carbocycles. The Kier molecular flexibility index (Phi) is 7.01. The second-order valence-electron chi connectivity index (χ2n) is 4.18. The summed E-state index contributed by atoms with van der Waals surface area (Å²) < 4.78 is 6.80. The van der Waals surface area contributed by atoms with Gasteiger partial charge in [0.1, 0.15) is 0 Å². The van der Waals surface area contributed by atoms with Crippen LogP contribution in [-0.2, 0) is 18.2 Å². The topological polar surface area (TPSA) is 39.1 Å². The summed E-state index contributed by atoms with van der Waals surface area (Å²) in [7, 11) is 3.63. The van der Waals surface area contributed by atoms with Crippen LogP contribution < -0.4 is 5.32 Å². The highest BCUT2D eigenvalue weighted by Crippen LogP contribution is 2.19. The molecule has 0 saturated heterocycles. The van der Waals surface area contributed by atoms with Gasteiger partial charge in [-0.2, -0.15) is 5.10 Å². The summed E-state index contributed by atoms with van der Waals surface area (Å²) in [6.07, 6.45) is 6.14. The van der Waals surface area contributed by atoms with Crippen LogP contribution in [-0.4, -0.2) is 36.6 Å². The summed E-state index contributed by atoms with van der Waals surface area (Å²) in [5, 5.41) is 8.35.